The average molecular weight is 823 g/mol. The molecule has 5 amide bonds. The van der Waals surface area contributed by atoms with Crippen LogP contribution in [0.15, 0.2) is 48.5 Å². The lowest BCUT2D eigenvalue weighted by Crippen LogP contribution is -2.59. The number of benzene rings is 2. The number of hydrogen-bond donors (Lipinski definition) is 7. The first-order valence-corrected chi connectivity index (χ1v) is 20.8. The van der Waals surface area contributed by atoms with Crippen LogP contribution in [0.25, 0.3) is 11.1 Å². The van der Waals surface area contributed by atoms with Crippen molar-refractivity contribution in [2.45, 2.75) is 142 Å². The van der Waals surface area contributed by atoms with E-state index in [1.165, 1.54) is 12.5 Å². The quantitative estimate of drug-likeness (QED) is 0.0828. The van der Waals surface area contributed by atoms with Gasteiger partial charge in [0, 0.05) is 31.3 Å². The van der Waals surface area contributed by atoms with Crippen LogP contribution < -0.4 is 31.9 Å². The molecule has 6 atom stereocenters. The predicted molar refractivity (Wildman–Crippen MR) is 226 cm³/mol. The van der Waals surface area contributed by atoms with Crippen LogP contribution in [0.3, 0.4) is 0 Å². The highest BCUT2D eigenvalue weighted by molar-refractivity contribution is 5.96. The van der Waals surface area contributed by atoms with Gasteiger partial charge in [-0.1, -0.05) is 63.6 Å². The van der Waals surface area contributed by atoms with E-state index in [-0.39, 0.29) is 37.3 Å². The summed E-state index contributed by atoms with van der Waals surface area (Å²) in [5, 5.41) is 26.3. The van der Waals surface area contributed by atoms with Crippen molar-refractivity contribution in [3.63, 3.8) is 0 Å². The largest absolute Gasteiger partial charge is 0.480 e. The number of nitrogens with one attached hydrogen (secondary N) is 6. The maximum Gasteiger partial charge on any atom is 0.407 e. The van der Waals surface area contributed by atoms with Crippen LogP contribution in [-0.4, -0.2) is 102 Å². The van der Waals surface area contributed by atoms with Crippen molar-refractivity contribution in [1.29, 1.82) is 0 Å². The molecule has 0 spiro atoms. The Morgan fingerprint density at radius 2 is 1.49 bits per heavy atom. The van der Waals surface area contributed by atoms with Gasteiger partial charge >= 0.3 is 12.1 Å². The van der Waals surface area contributed by atoms with Crippen molar-refractivity contribution < 1.29 is 43.3 Å². The number of amides is 5. The summed E-state index contributed by atoms with van der Waals surface area (Å²) in [6.45, 7) is 15.3. The molecule has 1 fully saturated rings. The van der Waals surface area contributed by atoms with Gasteiger partial charge in [-0.25, -0.2) is 9.59 Å². The van der Waals surface area contributed by atoms with E-state index in [0.29, 0.717) is 31.6 Å². The number of rotatable bonds is 22. The minimum atomic E-state index is -1.24. The molecule has 1 heterocycles. The van der Waals surface area contributed by atoms with Gasteiger partial charge in [0.15, 0.2) is 0 Å². The molecule has 326 valence electrons. The van der Waals surface area contributed by atoms with Crippen LogP contribution in [0, 0.1) is 5.92 Å². The number of aryl methyl sites for hydroxylation is 1. The van der Waals surface area contributed by atoms with E-state index < -0.39 is 65.7 Å². The molecule has 1 aliphatic rings. The molecule has 15 nitrogen and oxygen atoms in total. The lowest BCUT2D eigenvalue weighted by atomic mass is 10.0. The Morgan fingerprint density at radius 1 is 0.847 bits per heavy atom. The van der Waals surface area contributed by atoms with Gasteiger partial charge in [0.2, 0.25) is 17.7 Å². The van der Waals surface area contributed by atoms with E-state index >= 15 is 0 Å². The Labute approximate surface area is 348 Å². The average Bonchev–Trinajstić information content (AvgIpc) is 3.65. The predicted octanol–water partition coefficient (Wildman–Crippen LogP) is 4.47. The number of hydrogen-bond acceptors (Lipinski definition) is 9. The summed E-state index contributed by atoms with van der Waals surface area (Å²) in [7, 11) is 0. The smallest absolute Gasteiger partial charge is 0.407 e. The van der Waals surface area contributed by atoms with E-state index in [1.54, 1.807) is 39.8 Å². The topological polar surface area (TPSA) is 213 Å². The number of aliphatic carboxylic acids is 1. The van der Waals surface area contributed by atoms with Crippen molar-refractivity contribution in [3.05, 3.63) is 59.7 Å². The highest BCUT2D eigenvalue weighted by atomic mass is 16.6. The number of unbranched alkanes of at least 4 members (excludes halogenated alkanes) is 2. The standard InChI is InChI=1S/C44H66N6O9/c1-9-10-13-30-15-17-31(18-16-30)32-19-21-33(22-20-32)39(52)48-34-24-36(46-25-34)40(53)50-37(29(5)58-26-27(2)3)41(54)47-28(4)38(51)49-35(42(55)56)14-11-12-23-45-43(57)59-44(6,7)8/h15-22,27-29,34-37,46H,9-14,23-26H2,1-8H3,(H,45,57)(H,47,54)(H,48,52)(H,49,51)(H,50,53)(H,55,56). The fourth-order valence-corrected chi connectivity index (χ4v) is 6.36. The van der Waals surface area contributed by atoms with E-state index in [4.69, 9.17) is 9.47 Å². The van der Waals surface area contributed by atoms with E-state index in [1.807, 2.05) is 26.0 Å². The molecular weight excluding hydrogens is 757 g/mol. The van der Waals surface area contributed by atoms with Crippen LogP contribution in [0.4, 0.5) is 4.79 Å². The Hall–Kier alpha value is -5.02. The van der Waals surface area contributed by atoms with Crippen molar-refractivity contribution in [2.75, 3.05) is 19.7 Å². The van der Waals surface area contributed by atoms with Gasteiger partial charge in [-0.05, 0) is 108 Å². The number of carboxylic acid groups (broad SMARTS) is 1. The van der Waals surface area contributed by atoms with Crippen molar-refractivity contribution in [3.8, 4) is 11.1 Å². The second-order valence-corrected chi connectivity index (χ2v) is 16.7. The highest BCUT2D eigenvalue weighted by Crippen LogP contribution is 2.21. The van der Waals surface area contributed by atoms with Crippen LogP contribution in [0.2, 0.25) is 0 Å². The summed E-state index contributed by atoms with van der Waals surface area (Å²) < 4.78 is 11.1. The first-order chi connectivity index (χ1) is 27.9. The normalized spacial score (nSPS) is 17.2. The zero-order valence-corrected chi connectivity index (χ0v) is 35.9. The van der Waals surface area contributed by atoms with E-state index in [9.17, 15) is 33.9 Å². The molecule has 7 N–H and O–H groups in total. The number of carbonyl (C=O) groups is 6. The lowest BCUT2D eigenvalue weighted by Gasteiger charge is -2.28. The van der Waals surface area contributed by atoms with Crippen LogP contribution in [0.5, 0.6) is 0 Å². The van der Waals surface area contributed by atoms with Crippen LogP contribution in [-0.2, 0) is 35.1 Å². The highest BCUT2D eigenvalue weighted by Gasteiger charge is 2.36. The van der Waals surface area contributed by atoms with Crippen LogP contribution >= 0.6 is 0 Å². The molecule has 15 heteroatoms. The molecular formula is C44H66N6O9. The van der Waals surface area contributed by atoms with Gasteiger partial charge < -0.3 is 46.5 Å². The molecule has 0 bridgehead atoms. The van der Waals surface area contributed by atoms with Crippen molar-refractivity contribution in [1.82, 2.24) is 31.9 Å². The van der Waals surface area contributed by atoms with Gasteiger partial charge in [0.25, 0.3) is 5.91 Å². The monoisotopic (exact) mass is 822 g/mol. The summed E-state index contributed by atoms with van der Waals surface area (Å²) in [6.07, 6.45) is 3.20. The minimum absolute atomic E-state index is 0.0901. The number of alkyl carbamates (subject to hydrolysis) is 1. The Morgan fingerprint density at radius 3 is 2.08 bits per heavy atom. The molecule has 1 saturated heterocycles. The first-order valence-electron chi connectivity index (χ1n) is 20.8. The number of carbonyl (C=O) groups excluding carboxylic acids is 5. The molecule has 0 saturated carbocycles. The Bertz CT molecular complexity index is 1690. The third-order valence-electron chi connectivity index (χ3n) is 9.73. The number of ether oxygens (including phenoxy) is 2. The molecule has 0 radical (unpaired) electrons. The molecule has 2 aromatic carbocycles. The van der Waals surface area contributed by atoms with Gasteiger partial charge in [-0.15, -0.1) is 0 Å². The lowest BCUT2D eigenvalue weighted by molar-refractivity contribution is -0.142. The zero-order chi connectivity index (χ0) is 43.7. The Balaban J connectivity index is 1.54. The molecule has 59 heavy (non-hydrogen) atoms. The van der Waals surface area contributed by atoms with Gasteiger partial charge in [-0.2, -0.15) is 0 Å². The summed E-state index contributed by atoms with van der Waals surface area (Å²) in [5.41, 5.74) is 3.23. The zero-order valence-electron chi connectivity index (χ0n) is 35.9. The Kier molecular flexibility index (Phi) is 19.3. The second-order valence-electron chi connectivity index (χ2n) is 16.7. The summed E-state index contributed by atoms with van der Waals surface area (Å²) in [4.78, 5) is 77.2. The molecule has 2 aromatic rings. The minimum Gasteiger partial charge on any atom is -0.480 e. The van der Waals surface area contributed by atoms with Gasteiger partial charge in [0.05, 0.1) is 12.1 Å². The molecule has 1 aliphatic heterocycles. The summed E-state index contributed by atoms with van der Waals surface area (Å²) in [5.74, 6) is -3.25. The van der Waals surface area contributed by atoms with E-state index in [0.717, 1.165) is 30.4 Å². The molecule has 0 aromatic heterocycles. The van der Waals surface area contributed by atoms with Gasteiger partial charge in [-0.3, -0.25) is 19.2 Å². The van der Waals surface area contributed by atoms with Crippen LogP contribution in [0.1, 0.15) is 110 Å². The van der Waals surface area contributed by atoms with Crippen molar-refractivity contribution >= 4 is 35.7 Å². The van der Waals surface area contributed by atoms with E-state index in [2.05, 4.69) is 63.1 Å². The SMILES string of the molecule is CCCCc1ccc(-c2ccc(C(=O)NC3CNC(C(=O)NC(C(=O)NC(C)C(=O)NC(CCCCNC(=O)OC(C)(C)C)C(=O)O)C(C)OCC(C)C)C3)cc2)cc1. The third kappa shape index (κ3) is 17.0. The maximum absolute atomic E-state index is 13.6. The molecule has 0 aliphatic carbocycles. The first kappa shape index (κ1) is 48.3. The maximum atomic E-state index is 13.6. The second kappa shape index (κ2) is 23.5. The fourth-order valence-electron chi connectivity index (χ4n) is 6.36. The third-order valence-corrected chi connectivity index (χ3v) is 9.73. The van der Waals surface area contributed by atoms with Gasteiger partial charge in [0.1, 0.15) is 23.7 Å². The molecule has 6 unspecified atom stereocenters. The van der Waals surface area contributed by atoms with Crippen molar-refractivity contribution in [2.24, 2.45) is 5.92 Å². The summed E-state index contributed by atoms with van der Waals surface area (Å²) >= 11 is 0. The summed E-state index contributed by atoms with van der Waals surface area (Å²) in [6, 6.07) is 11.2. The number of carboxylic acids is 1. The fraction of sp³-hybridized carbons (Fsp3) is 0.591. The molecule has 3 rings (SSSR count).